The number of aromatic nitrogens is 2. The molecule has 0 aliphatic carbocycles. The van der Waals surface area contributed by atoms with Crippen LogP contribution in [0.15, 0.2) is 149 Å². The van der Waals surface area contributed by atoms with Gasteiger partial charge in [-0.15, -0.1) is 0 Å². The average Bonchev–Trinajstić information content (AvgIpc) is 3.28. The van der Waals surface area contributed by atoms with Crippen molar-refractivity contribution in [3.8, 4) is 23.0 Å². The SMILES string of the molecule is COC(=O)c1cccc(Oc2ccc(C(CC(=O)c3ccc(=O)n(C)c3)c3ccc(C)cc3)c(F)c2)c1Oc1ccc(C(CC(=O)c2ccc(=O)n(C)c2)c2ccccc2C)c(F)c1. The van der Waals surface area contributed by atoms with Gasteiger partial charge in [0.05, 0.1) is 7.11 Å². The van der Waals surface area contributed by atoms with Crippen molar-refractivity contribution in [2.24, 2.45) is 14.1 Å². The van der Waals surface area contributed by atoms with Gasteiger partial charge in [-0.25, -0.2) is 13.6 Å². The van der Waals surface area contributed by atoms with Crippen LogP contribution in [0.2, 0.25) is 0 Å². The molecule has 0 radical (unpaired) electrons. The number of ketones is 2. The molecule has 0 spiro atoms. The van der Waals surface area contributed by atoms with Gasteiger partial charge in [-0.05, 0) is 78.1 Å². The molecular formula is C52H44F2N2O8. The molecule has 0 amide bonds. The van der Waals surface area contributed by atoms with Crippen LogP contribution in [0.1, 0.15) is 89.1 Å². The molecule has 64 heavy (non-hydrogen) atoms. The molecule has 12 heteroatoms. The van der Waals surface area contributed by atoms with Gasteiger partial charge in [0, 0.05) is 86.6 Å². The minimum absolute atomic E-state index is 0.0130. The first-order valence-electron chi connectivity index (χ1n) is 20.4. The van der Waals surface area contributed by atoms with Gasteiger partial charge < -0.3 is 23.3 Å². The average molecular weight is 863 g/mol. The van der Waals surface area contributed by atoms with Gasteiger partial charge in [-0.2, -0.15) is 0 Å². The molecule has 5 aromatic carbocycles. The third kappa shape index (κ3) is 9.81. The van der Waals surface area contributed by atoms with Gasteiger partial charge in [-0.1, -0.05) is 72.3 Å². The van der Waals surface area contributed by atoms with Gasteiger partial charge in [0.2, 0.25) is 11.1 Å². The molecule has 0 aliphatic rings. The second-order valence-electron chi connectivity index (χ2n) is 15.6. The fraction of sp³-hybridized carbons (Fsp3) is 0.173. The van der Waals surface area contributed by atoms with Crippen molar-refractivity contribution in [3.63, 3.8) is 0 Å². The number of carbonyl (C=O) groups excluding carboxylic acids is 3. The van der Waals surface area contributed by atoms with Crippen LogP contribution < -0.4 is 20.6 Å². The number of Topliss-reactive ketones (excluding diaryl/α,β-unsaturated/α-hetero) is 2. The second-order valence-corrected chi connectivity index (χ2v) is 15.6. The number of pyridine rings is 2. The molecule has 0 fully saturated rings. The monoisotopic (exact) mass is 862 g/mol. The van der Waals surface area contributed by atoms with Crippen molar-refractivity contribution >= 4 is 17.5 Å². The first kappa shape index (κ1) is 44.3. The molecule has 2 heterocycles. The molecule has 7 aromatic rings. The summed E-state index contributed by atoms with van der Waals surface area (Å²) < 4.78 is 52.8. The Bertz CT molecular complexity index is 3030. The number of hydrogen-bond acceptors (Lipinski definition) is 8. The third-order valence-electron chi connectivity index (χ3n) is 11.2. The number of esters is 1. The number of halogens is 2. The Labute approximate surface area is 367 Å². The molecule has 2 atom stereocenters. The highest BCUT2D eigenvalue weighted by molar-refractivity contribution is 5.97. The van der Waals surface area contributed by atoms with Crippen LogP contribution in [0, 0.1) is 25.5 Å². The minimum atomic E-state index is -0.778. The van der Waals surface area contributed by atoms with Crippen molar-refractivity contribution in [1.82, 2.24) is 9.13 Å². The first-order chi connectivity index (χ1) is 30.7. The Hall–Kier alpha value is -7.73. The highest BCUT2D eigenvalue weighted by Gasteiger charge is 2.27. The lowest BCUT2D eigenvalue weighted by Crippen LogP contribution is -2.18. The van der Waals surface area contributed by atoms with Crippen molar-refractivity contribution < 1.29 is 37.4 Å². The maximum Gasteiger partial charge on any atom is 0.341 e. The number of nitrogens with zero attached hydrogens (tertiary/aromatic N) is 2. The van der Waals surface area contributed by atoms with E-state index in [1.165, 1.54) is 101 Å². The summed E-state index contributed by atoms with van der Waals surface area (Å²) in [5.74, 6) is -4.24. The van der Waals surface area contributed by atoms with Crippen LogP contribution in [-0.4, -0.2) is 33.8 Å². The summed E-state index contributed by atoms with van der Waals surface area (Å²) in [6.07, 6.45) is 2.72. The lowest BCUT2D eigenvalue weighted by molar-refractivity contribution is 0.0597. The fourth-order valence-corrected chi connectivity index (χ4v) is 7.62. The summed E-state index contributed by atoms with van der Waals surface area (Å²) in [5, 5.41) is 0. The maximum absolute atomic E-state index is 16.4. The number of hydrogen-bond donors (Lipinski definition) is 0. The van der Waals surface area contributed by atoms with Crippen LogP contribution in [0.3, 0.4) is 0 Å². The number of benzene rings is 5. The lowest BCUT2D eigenvalue weighted by Gasteiger charge is -2.21. The van der Waals surface area contributed by atoms with Crippen LogP contribution >= 0.6 is 0 Å². The summed E-state index contributed by atoms with van der Waals surface area (Å²) in [7, 11) is 4.29. The molecule has 324 valence electrons. The Morgan fingerprint density at radius 3 is 1.69 bits per heavy atom. The van der Waals surface area contributed by atoms with Gasteiger partial charge in [0.25, 0.3) is 0 Å². The predicted molar refractivity (Wildman–Crippen MR) is 238 cm³/mol. The summed E-state index contributed by atoms with van der Waals surface area (Å²) in [5.41, 5.74) is 3.74. The van der Waals surface area contributed by atoms with E-state index >= 15 is 8.78 Å². The van der Waals surface area contributed by atoms with E-state index in [1.807, 2.05) is 62.4 Å². The third-order valence-corrected chi connectivity index (χ3v) is 11.2. The van der Waals surface area contributed by atoms with Gasteiger partial charge in [-0.3, -0.25) is 19.2 Å². The minimum Gasteiger partial charge on any atom is -0.465 e. The zero-order chi connectivity index (χ0) is 45.7. The molecule has 2 unspecified atom stereocenters. The van der Waals surface area contributed by atoms with E-state index in [1.54, 1.807) is 14.1 Å². The Balaban J connectivity index is 1.19. The number of methoxy groups -OCH3 is 1. The summed E-state index contributed by atoms with van der Waals surface area (Å²) in [6.45, 7) is 3.80. The Morgan fingerprint density at radius 2 is 1.14 bits per heavy atom. The Morgan fingerprint density at radius 1 is 0.594 bits per heavy atom. The zero-order valence-corrected chi connectivity index (χ0v) is 35.8. The topological polar surface area (TPSA) is 123 Å². The maximum atomic E-state index is 16.4. The van der Waals surface area contributed by atoms with Crippen LogP contribution in [-0.2, 0) is 18.8 Å². The van der Waals surface area contributed by atoms with E-state index in [0.717, 1.165) is 22.8 Å². The quantitative estimate of drug-likeness (QED) is 0.0738. The number of rotatable bonds is 15. The molecule has 0 saturated carbocycles. The zero-order valence-electron chi connectivity index (χ0n) is 35.8. The predicted octanol–water partition coefficient (Wildman–Crippen LogP) is 10.2. The van der Waals surface area contributed by atoms with Crippen molar-refractivity contribution in [1.29, 1.82) is 0 Å². The van der Waals surface area contributed by atoms with Crippen LogP contribution in [0.5, 0.6) is 23.0 Å². The highest BCUT2D eigenvalue weighted by Crippen LogP contribution is 2.41. The molecule has 0 bridgehead atoms. The second kappa shape index (κ2) is 19.1. The van der Waals surface area contributed by atoms with Crippen molar-refractivity contribution in [2.45, 2.75) is 38.5 Å². The summed E-state index contributed by atoms with van der Waals surface area (Å²) in [6, 6.07) is 33.2. The van der Waals surface area contributed by atoms with E-state index in [-0.39, 0.29) is 75.2 Å². The highest BCUT2D eigenvalue weighted by atomic mass is 19.1. The number of ether oxygens (including phenoxy) is 3. The van der Waals surface area contributed by atoms with E-state index in [2.05, 4.69) is 0 Å². The molecular weight excluding hydrogens is 819 g/mol. The summed E-state index contributed by atoms with van der Waals surface area (Å²) >= 11 is 0. The molecule has 10 nitrogen and oxygen atoms in total. The number of carbonyl (C=O) groups is 3. The van der Waals surface area contributed by atoms with Crippen LogP contribution in [0.4, 0.5) is 8.78 Å². The van der Waals surface area contributed by atoms with E-state index in [4.69, 9.17) is 14.2 Å². The van der Waals surface area contributed by atoms with E-state index < -0.39 is 29.4 Å². The van der Waals surface area contributed by atoms with Gasteiger partial charge >= 0.3 is 5.97 Å². The number of para-hydroxylation sites is 1. The molecule has 0 saturated heterocycles. The van der Waals surface area contributed by atoms with Gasteiger partial charge in [0.1, 0.15) is 28.7 Å². The normalized spacial score (nSPS) is 12.0. The van der Waals surface area contributed by atoms with E-state index in [9.17, 15) is 24.0 Å². The van der Waals surface area contributed by atoms with Crippen LogP contribution in [0.25, 0.3) is 0 Å². The van der Waals surface area contributed by atoms with Gasteiger partial charge in [0.15, 0.2) is 23.1 Å². The summed E-state index contributed by atoms with van der Waals surface area (Å²) in [4.78, 5) is 64.2. The fourth-order valence-electron chi connectivity index (χ4n) is 7.62. The smallest absolute Gasteiger partial charge is 0.341 e. The molecule has 2 aromatic heterocycles. The van der Waals surface area contributed by atoms with Crippen molar-refractivity contribution in [2.75, 3.05) is 7.11 Å². The van der Waals surface area contributed by atoms with Crippen molar-refractivity contribution in [3.05, 3.63) is 222 Å². The Kier molecular flexibility index (Phi) is 13.2. The van der Waals surface area contributed by atoms with E-state index in [0.29, 0.717) is 16.7 Å². The lowest BCUT2D eigenvalue weighted by atomic mass is 9.83. The molecule has 0 aliphatic heterocycles. The standard InChI is InChI=1S/C52H44F2N2O8/c1-31-13-15-33(16-14-31)42(27-46(57)34-17-23-49(59)55(3)29-34)39-21-19-36(25-44(39)53)63-48-12-8-11-41(52(61)62-5)51(48)64-37-20-22-40(45(54)26-37)43(38-10-7-6-9-32(38)2)28-47(58)35-18-24-50(60)56(4)30-35/h6-26,29-30,42-43H,27-28H2,1-5H3. The molecule has 0 N–H and O–H groups in total. The molecule has 7 rings (SSSR count). The first-order valence-corrected chi connectivity index (χ1v) is 20.4. The largest absolute Gasteiger partial charge is 0.465 e. The number of aryl methyl sites for hydroxylation is 4.